The molecule has 0 aliphatic carbocycles. The zero-order valence-electron chi connectivity index (χ0n) is 24.2. The number of benzene rings is 3. The summed E-state index contributed by atoms with van der Waals surface area (Å²) in [6.07, 6.45) is 0.562. The van der Waals surface area contributed by atoms with Crippen molar-refractivity contribution in [1.29, 1.82) is 0 Å². The number of rotatable bonds is 10. The number of hydrogen-bond donors (Lipinski definition) is 0. The Morgan fingerprint density at radius 1 is 0.953 bits per heavy atom. The van der Waals surface area contributed by atoms with Crippen molar-refractivity contribution in [1.82, 2.24) is 14.8 Å². The highest BCUT2D eigenvalue weighted by Crippen LogP contribution is 2.38. The molecular weight excluding hydrogens is 607 g/mol. The highest BCUT2D eigenvalue weighted by molar-refractivity contribution is 7.92. The summed E-state index contributed by atoms with van der Waals surface area (Å²) in [6.45, 7) is 7.36. The number of anilines is 1. The van der Waals surface area contributed by atoms with Crippen molar-refractivity contribution >= 4 is 55.8 Å². The Hall–Kier alpha value is -3.21. The van der Waals surface area contributed by atoms with Crippen LogP contribution in [0.1, 0.15) is 28.0 Å². The zero-order chi connectivity index (χ0) is 30.6. The molecule has 0 bridgehead atoms. The first kappa shape index (κ1) is 31.2. The maximum Gasteiger partial charge on any atom is 0.356 e. The third-order valence-electron chi connectivity index (χ3n) is 7.63. The van der Waals surface area contributed by atoms with Crippen LogP contribution in [0.25, 0.3) is 10.9 Å². The monoisotopic (exact) mass is 640 g/mol. The molecule has 0 spiro atoms. The van der Waals surface area contributed by atoms with Gasteiger partial charge in [-0.1, -0.05) is 71.2 Å². The number of esters is 1. The number of carbonyl (C=O) groups is 1. The standard InChI is InChI=1S/C32H34Cl2N4O4S/c1-23-9-11-26(12-10-23)43(40,41)38(14-6-13-36-15-17-37(18-16-36)22-24-7-4-3-5-8-24)30-21-29(32(39)42-2)35-28-20-25(33)19-27(34)31(28)30/h3-5,7-12,19-21H,6,13-18,22H2,1-2H3. The number of aryl methyl sites for hydroxylation is 1. The van der Waals surface area contributed by atoms with Gasteiger partial charge in [-0.3, -0.25) is 9.21 Å². The van der Waals surface area contributed by atoms with Crippen molar-refractivity contribution in [2.75, 3.05) is 50.7 Å². The van der Waals surface area contributed by atoms with Crippen molar-refractivity contribution < 1.29 is 17.9 Å². The van der Waals surface area contributed by atoms with Gasteiger partial charge in [0.2, 0.25) is 0 Å². The summed E-state index contributed by atoms with van der Waals surface area (Å²) in [5.41, 5.74) is 2.75. The van der Waals surface area contributed by atoms with Crippen molar-refractivity contribution in [3.05, 3.63) is 99.7 Å². The van der Waals surface area contributed by atoms with Crippen LogP contribution in [0.2, 0.25) is 10.0 Å². The van der Waals surface area contributed by atoms with Crippen LogP contribution in [0, 0.1) is 6.92 Å². The van der Waals surface area contributed by atoms with Gasteiger partial charge in [0, 0.05) is 49.7 Å². The van der Waals surface area contributed by atoms with Crippen molar-refractivity contribution in [3.63, 3.8) is 0 Å². The molecule has 1 saturated heterocycles. The molecule has 0 unspecified atom stereocenters. The molecule has 226 valence electrons. The molecule has 1 aliphatic rings. The van der Waals surface area contributed by atoms with Crippen molar-refractivity contribution in [3.8, 4) is 0 Å². The highest BCUT2D eigenvalue weighted by Gasteiger charge is 2.29. The summed E-state index contributed by atoms with van der Waals surface area (Å²) in [6, 6.07) is 21.7. The fraction of sp³-hybridized carbons (Fsp3) is 0.312. The van der Waals surface area contributed by atoms with E-state index in [9.17, 15) is 13.2 Å². The maximum absolute atomic E-state index is 14.2. The minimum absolute atomic E-state index is 0.0398. The third-order valence-corrected chi connectivity index (χ3v) is 9.97. The molecule has 0 N–H and O–H groups in total. The minimum atomic E-state index is -4.05. The summed E-state index contributed by atoms with van der Waals surface area (Å²) in [5, 5.41) is 0.946. The number of nitrogens with zero attached hydrogens (tertiary/aromatic N) is 4. The Kier molecular flexibility index (Phi) is 9.88. The zero-order valence-corrected chi connectivity index (χ0v) is 26.5. The van der Waals surface area contributed by atoms with Gasteiger partial charge in [-0.25, -0.2) is 18.2 Å². The highest BCUT2D eigenvalue weighted by atomic mass is 35.5. The second-order valence-electron chi connectivity index (χ2n) is 10.6. The van der Waals surface area contributed by atoms with Crippen LogP contribution >= 0.6 is 23.2 Å². The lowest BCUT2D eigenvalue weighted by Gasteiger charge is -2.35. The molecule has 0 saturated carbocycles. The molecule has 0 amide bonds. The fourth-order valence-corrected chi connectivity index (χ4v) is 7.42. The Labute approximate surface area is 262 Å². The summed E-state index contributed by atoms with van der Waals surface area (Å²) in [5.74, 6) is -0.694. The first-order chi connectivity index (χ1) is 20.7. The van der Waals surface area contributed by atoms with Gasteiger partial charge >= 0.3 is 5.97 Å². The number of sulfonamides is 1. The van der Waals surface area contributed by atoms with Crippen LogP contribution in [0.15, 0.2) is 77.7 Å². The van der Waals surface area contributed by atoms with E-state index in [2.05, 4.69) is 39.0 Å². The molecule has 4 aromatic rings. The SMILES string of the molecule is COC(=O)c1cc(N(CCCN2CCN(Cc3ccccc3)CC2)S(=O)(=O)c2ccc(C)cc2)c2c(Cl)cc(Cl)cc2n1. The first-order valence-electron chi connectivity index (χ1n) is 14.1. The number of piperazine rings is 1. The molecule has 2 heterocycles. The Morgan fingerprint density at radius 3 is 2.30 bits per heavy atom. The predicted molar refractivity (Wildman–Crippen MR) is 172 cm³/mol. The Morgan fingerprint density at radius 2 is 1.63 bits per heavy atom. The number of hydrogen-bond acceptors (Lipinski definition) is 7. The number of ether oxygens (including phenoxy) is 1. The van der Waals surface area contributed by atoms with Gasteiger partial charge in [-0.15, -0.1) is 0 Å². The van der Waals surface area contributed by atoms with E-state index >= 15 is 0 Å². The van der Waals surface area contributed by atoms with Gasteiger partial charge in [0.1, 0.15) is 0 Å². The number of pyridine rings is 1. The van der Waals surface area contributed by atoms with E-state index < -0.39 is 16.0 Å². The van der Waals surface area contributed by atoms with Gasteiger partial charge < -0.3 is 9.64 Å². The molecule has 1 fully saturated rings. The smallest absolute Gasteiger partial charge is 0.356 e. The molecule has 1 aliphatic heterocycles. The summed E-state index contributed by atoms with van der Waals surface area (Å²) >= 11 is 12.9. The number of aromatic nitrogens is 1. The predicted octanol–water partition coefficient (Wildman–Crippen LogP) is 6.04. The van der Waals surface area contributed by atoms with Crippen LogP contribution in [0.3, 0.4) is 0 Å². The maximum atomic E-state index is 14.2. The second-order valence-corrected chi connectivity index (χ2v) is 13.4. The molecule has 8 nitrogen and oxygen atoms in total. The molecule has 1 aromatic heterocycles. The fourth-order valence-electron chi connectivity index (χ4n) is 5.33. The van der Waals surface area contributed by atoms with Crippen LogP contribution in [-0.4, -0.2) is 75.5 Å². The first-order valence-corrected chi connectivity index (χ1v) is 16.3. The molecule has 0 radical (unpaired) electrons. The van der Waals surface area contributed by atoms with Gasteiger partial charge in [-0.05, 0) is 55.8 Å². The molecule has 11 heteroatoms. The largest absolute Gasteiger partial charge is 0.464 e. The van der Waals surface area contributed by atoms with E-state index in [-0.39, 0.29) is 27.8 Å². The van der Waals surface area contributed by atoms with Crippen LogP contribution in [0.4, 0.5) is 5.69 Å². The number of fused-ring (bicyclic) bond motifs is 1. The lowest BCUT2D eigenvalue weighted by Crippen LogP contribution is -2.46. The van der Waals surface area contributed by atoms with Gasteiger partial charge in [0.15, 0.2) is 5.69 Å². The van der Waals surface area contributed by atoms with Gasteiger partial charge in [-0.2, -0.15) is 0 Å². The molecule has 5 rings (SSSR count). The average Bonchev–Trinajstić information content (AvgIpc) is 2.99. The van der Waals surface area contributed by atoms with Gasteiger partial charge in [0.05, 0.1) is 28.2 Å². The summed E-state index contributed by atoms with van der Waals surface area (Å²) < 4.78 is 34.7. The Bertz CT molecular complexity index is 1690. The lowest BCUT2D eigenvalue weighted by atomic mass is 10.1. The van der Waals surface area contributed by atoms with E-state index in [0.717, 1.165) is 38.3 Å². The second kappa shape index (κ2) is 13.6. The molecule has 3 aromatic carbocycles. The van der Waals surface area contributed by atoms with Crippen molar-refractivity contribution in [2.45, 2.75) is 24.8 Å². The number of halogens is 2. The summed E-state index contributed by atoms with van der Waals surface area (Å²) in [7, 11) is -2.80. The number of methoxy groups -OCH3 is 1. The van der Waals surface area contributed by atoms with Crippen LogP contribution in [-0.2, 0) is 21.3 Å². The van der Waals surface area contributed by atoms with E-state index in [1.165, 1.54) is 23.0 Å². The molecule has 43 heavy (non-hydrogen) atoms. The average molecular weight is 642 g/mol. The molecular formula is C32H34Cl2N4O4S. The van der Waals surface area contributed by atoms with Crippen molar-refractivity contribution in [2.24, 2.45) is 0 Å². The quantitative estimate of drug-likeness (QED) is 0.195. The van der Waals surface area contributed by atoms with Crippen LogP contribution < -0.4 is 4.31 Å². The Balaban J connectivity index is 1.42. The van der Waals surface area contributed by atoms with Gasteiger partial charge in [0.25, 0.3) is 10.0 Å². The lowest BCUT2D eigenvalue weighted by molar-refractivity contribution is 0.0594. The van der Waals surface area contributed by atoms with Crippen LogP contribution in [0.5, 0.6) is 0 Å². The van der Waals surface area contributed by atoms with E-state index in [4.69, 9.17) is 27.9 Å². The normalized spacial score (nSPS) is 14.6. The number of carbonyl (C=O) groups excluding carboxylic acids is 1. The van der Waals surface area contributed by atoms with E-state index in [1.807, 2.05) is 13.0 Å². The van der Waals surface area contributed by atoms with E-state index in [0.29, 0.717) is 28.9 Å². The minimum Gasteiger partial charge on any atom is -0.464 e. The topological polar surface area (TPSA) is 83.0 Å². The van der Waals surface area contributed by atoms with E-state index in [1.54, 1.807) is 36.4 Å². The third kappa shape index (κ3) is 7.30. The summed E-state index contributed by atoms with van der Waals surface area (Å²) in [4.78, 5) is 21.9. The molecule has 0 atom stereocenters.